The Morgan fingerprint density at radius 3 is 1.04 bits per heavy atom. The molecule has 0 bridgehead atoms. The van der Waals surface area contributed by atoms with Crippen molar-refractivity contribution in [3.63, 3.8) is 0 Å². The van der Waals surface area contributed by atoms with Gasteiger partial charge in [0, 0.05) is 0 Å². The summed E-state index contributed by atoms with van der Waals surface area (Å²) in [6, 6.07) is 0. The van der Waals surface area contributed by atoms with Crippen LogP contribution in [-0.2, 0) is 0 Å². The Balaban J connectivity index is 4.90. The van der Waals surface area contributed by atoms with Gasteiger partial charge >= 0.3 is 171 Å². The predicted octanol–water partition coefficient (Wildman–Crippen LogP) is 7.93. The average Bonchev–Trinajstić information content (AvgIpc) is 2.45. The van der Waals surface area contributed by atoms with E-state index in [9.17, 15) is 0 Å². The Hall–Kier alpha value is 1.40. The quantitative estimate of drug-likeness (QED) is 0.187. The Labute approximate surface area is 170 Å². The van der Waals surface area contributed by atoms with Crippen LogP contribution in [0.5, 0.6) is 0 Å². The summed E-state index contributed by atoms with van der Waals surface area (Å²) in [4.78, 5) is 0. The first-order valence-electron chi connectivity index (χ1n) is 11.2. The molecule has 0 amide bonds. The standard InChI is InChI=1S/C22H50GeP2/c1-11-13-21(24(17(3)4)18(5)6)15-23-16-22(14-12-2)25(19(7)8)20(9)10/h17-22H,11-16,23H2,1-10H3. The second-order valence-corrected chi connectivity index (χ2v) is 20.4. The van der Waals surface area contributed by atoms with E-state index in [4.69, 9.17) is 0 Å². The molecule has 0 aromatic rings. The summed E-state index contributed by atoms with van der Waals surface area (Å²) in [5.74, 6) is 0. The van der Waals surface area contributed by atoms with Gasteiger partial charge in [0.1, 0.15) is 0 Å². The van der Waals surface area contributed by atoms with Gasteiger partial charge in [0.15, 0.2) is 0 Å². The second-order valence-electron chi connectivity index (χ2n) is 9.09. The van der Waals surface area contributed by atoms with E-state index in [0.717, 1.165) is 34.0 Å². The summed E-state index contributed by atoms with van der Waals surface area (Å²) in [7, 11) is 0.450. The van der Waals surface area contributed by atoms with Crippen molar-refractivity contribution in [2.24, 2.45) is 0 Å². The van der Waals surface area contributed by atoms with Crippen LogP contribution in [0.25, 0.3) is 0 Å². The Bertz CT molecular complexity index is 269. The molecule has 0 aromatic heterocycles. The molecule has 0 aromatic carbocycles. The van der Waals surface area contributed by atoms with E-state index in [-0.39, 0.29) is 31.3 Å². The molecule has 0 saturated heterocycles. The van der Waals surface area contributed by atoms with Crippen LogP contribution in [0.15, 0.2) is 0 Å². The van der Waals surface area contributed by atoms with Crippen LogP contribution >= 0.6 is 15.8 Å². The molecule has 0 heterocycles. The zero-order valence-electron chi connectivity index (χ0n) is 19.3. The van der Waals surface area contributed by atoms with Crippen molar-refractivity contribution in [1.29, 1.82) is 0 Å². The van der Waals surface area contributed by atoms with Gasteiger partial charge in [0.25, 0.3) is 0 Å². The van der Waals surface area contributed by atoms with Gasteiger partial charge < -0.3 is 0 Å². The van der Waals surface area contributed by atoms with Crippen molar-refractivity contribution in [2.75, 3.05) is 0 Å². The van der Waals surface area contributed by atoms with Gasteiger partial charge in [-0.05, 0) is 0 Å². The van der Waals surface area contributed by atoms with E-state index in [1.807, 2.05) is 0 Å². The first-order valence-corrected chi connectivity index (χ1v) is 18.5. The van der Waals surface area contributed by atoms with E-state index in [2.05, 4.69) is 69.2 Å². The summed E-state index contributed by atoms with van der Waals surface area (Å²) in [5.41, 5.74) is 5.86. The molecule has 0 radical (unpaired) electrons. The summed E-state index contributed by atoms with van der Waals surface area (Å²) >= 11 is -0.389. The van der Waals surface area contributed by atoms with Crippen LogP contribution in [0.3, 0.4) is 0 Å². The van der Waals surface area contributed by atoms with Crippen molar-refractivity contribution in [2.45, 2.75) is 139 Å². The van der Waals surface area contributed by atoms with Crippen LogP contribution in [-0.4, -0.2) is 49.4 Å². The second kappa shape index (κ2) is 14.4. The van der Waals surface area contributed by atoms with Crippen molar-refractivity contribution < 1.29 is 0 Å². The number of rotatable bonds is 14. The Morgan fingerprint density at radius 1 is 0.560 bits per heavy atom. The first kappa shape index (κ1) is 26.4. The summed E-state index contributed by atoms with van der Waals surface area (Å²) in [6.45, 7) is 24.8. The van der Waals surface area contributed by atoms with Gasteiger partial charge in [-0.1, -0.05) is 0 Å². The molecule has 0 aliphatic heterocycles. The maximum absolute atomic E-state index is 2.50. The molecule has 0 aliphatic carbocycles. The van der Waals surface area contributed by atoms with Crippen molar-refractivity contribution in [1.82, 2.24) is 0 Å². The fraction of sp³-hybridized carbons (Fsp3) is 1.00. The fourth-order valence-corrected chi connectivity index (χ4v) is 21.8. The third kappa shape index (κ3) is 9.95. The minimum absolute atomic E-state index is 0.225. The molecule has 2 atom stereocenters. The third-order valence-electron chi connectivity index (χ3n) is 5.55. The topological polar surface area (TPSA) is 0 Å². The monoisotopic (exact) mass is 450 g/mol. The van der Waals surface area contributed by atoms with Gasteiger partial charge in [-0.15, -0.1) is 0 Å². The molecule has 0 saturated carbocycles. The molecule has 0 fully saturated rings. The molecule has 152 valence electrons. The van der Waals surface area contributed by atoms with Gasteiger partial charge in [-0.2, -0.15) is 0 Å². The summed E-state index contributed by atoms with van der Waals surface area (Å²) in [6.07, 6.45) is 5.81. The van der Waals surface area contributed by atoms with Crippen LogP contribution < -0.4 is 0 Å². The van der Waals surface area contributed by atoms with Gasteiger partial charge in [-0.25, -0.2) is 0 Å². The van der Waals surface area contributed by atoms with E-state index in [1.54, 1.807) is 10.5 Å². The van der Waals surface area contributed by atoms with E-state index in [1.165, 1.54) is 25.7 Å². The molecule has 0 aliphatic rings. The van der Waals surface area contributed by atoms with Crippen molar-refractivity contribution >= 4 is 31.3 Å². The zero-order chi connectivity index (χ0) is 19.6. The van der Waals surface area contributed by atoms with Crippen LogP contribution in [0.4, 0.5) is 0 Å². The molecule has 0 spiro atoms. The minimum atomic E-state index is -0.389. The Morgan fingerprint density at radius 2 is 0.840 bits per heavy atom. The van der Waals surface area contributed by atoms with Gasteiger partial charge in [0.2, 0.25) is 0 Å². The zero-order valence-corrected chi connectivity index (χ0v) is 24.1. The fourth-order valence-electron chi connectivity index (χ4n) is 5.02. The third-order valence-corrected chi connectivity index (χ3v) is 19.7. The molecular formula is C22H50GeP2. The van der Waals surface area contributed by atoms with Crippen LogP contribution in [0, 0.1) is 0 Å². The average molecular weight is 449 g/mol. The number of hydrogen-bond acceptors (Lipinski definition) is 0. The normalized spacial score (nSPS) is 15.8. The Kier molecular flexibility index (Phi) is 15.2. The van der Waals surface area contributed by atoms with Crippen LogP contribution in [0.1, 0.15) is 94.9 Å². The molecule has 0 nitrogen and oxygen atoms in total. The van der Waals surface area contributed by atoms with E-state index < -0.39 is 0 Å². The first-order chi connectivity index (χ1) is 11.7. The predicted molar refractivity (Wildman–Crippen MR) is 130 cm³/mol. The molecule has 0 rings (SSSR count). The van der Waals surface area contributed by atoms with Crippen molar-refractivity contribution in [3.05, 3.63) is 0 Å². The summed E-state index contributed by atoms with van der Waals surface area (Å²) < 4.78 is 0. The molecule has 25 heavy (non-hydrogen) atoms. The molecule has 3 heteroatoms. The van der Waals surface area contributed by atoms with Gasteiger partial charge in [0.05, 0.1) is 0 Å². The maximum atomic E-state index is 2.50. The van der Waals surface area contributed by atoms with Crippen LogP contribution in [0.2, 0.25) is 10.5 Å². The van der Waals surface area contributed by atoms with Crippen molar-refractivity contribution in [3.8, 4) is 0 Å². The number of hydrogen-bond donors (Lipinski definition) is 0. The molecule has 0 N–H and O–H groups in total. The van der Waals surface area contributed by atoms with E-state index >= 15 is 0 Å². The summed E-state index contributed by atoms with van der Waals surface area (Å²) in [5, 5.41) is 3.37. The van der Waals surface area contributed by atoms with E-state index in [0.29, 0.717) is 0 Å². The molecule has 2 unspecified atom stereocenters. The van der Waals surface area contributed by atoms with Gasteiger partial charge in [-0.3, -0.25) is 0 Å². The molecular weight excluding hydrogens is 399 g/mol. The SMILES string of the molecule is CCCC([CH2][GeH2][CH2]C(CCC)P(C(C)C)C(C)C)P(C(C)C)C(C)C.